The standard InChI is InChI=1S/C20H17NO5/c1-25-20(24)17-14(12-7-3-2-4-8-12)11-16-21(18(17)22)15-10-6-5-9-13(15)19(23)26-16/h2-10,14,16-17H,11H2,1H3/t14-,16-,17-/m1/s1. The fourth-order valence-corrected chi connectivity index (χ4v) is 3.76. The second kappa shape index (κ2) is 6.29. The van der Waals surface area contributed by atoms with Gasteiger partial charge in [0.05, 0.1) is 18.4 Å². The first-order chi connectivity index (χ1) is 12.6. The van der Waals surface area contributed by atoms with E-state index in [2.05, 4.69) is 0 Å². The summed E-state index contributed by atoms with van der Waals surface area (Å²) in [5, 5.41) is 0. The van der Waals surface area contributed by atoms with Gasteiger partial charge in [0.1, 0.15) is 5.92 Å². The number of fused-ring (bicyclic) bond motifs is 3. The van der Waals surface area contributed by atoms with E-state index >= 15 is 0 Å². The summed E-state index contributed by atoms with van der Waals surface area (Å²) < 4.78 is 10.4. The minimum absolute atomic E-state index is 0.318. The van der Waals surface area contributed by atoms with Crippen LogP contribution in [0.15, 0.2) is 54.6 Å². The number of carbonyl (C=O) groups is 3. The van der Waals surface area contributed by atoms with Gasteiger partial charge in [-0.2, -0.15) is 0 Å². The van der Waals surface area contributed by atoms with Crippen molar-refractivity contribution in [3.05, 3.63) is 65.7 Å². The average Bonchev–Trinajstić information content (AvgIpc) is 2.68. The average molecular weight is 351 g/mol. The molecule has 0 radical (unpaired) electrons. The Bertz CT molecular complexity index is 879. The lowest BCUT2D eigenvalue weighted by molar-refractivity contribution is -0.153. The van der Waals surface area contributed by atoms with Crippen LogP contribution in [0.3, 0.4) is 0 Å². The number of piperidine rings is 1. The van der Waals surface area contributed by atoms with Crippen molar-refractivity contribution in [2.24, 2.45) is 5.92 Å². The van der Waals surface area contributed by atoms with Gasteiger partial charge in [-0.3, -0.25) is 14.5 Å². The highest BCUT2D eigenvalue weighted by Crippen LogP contribution is 2.43. The highest BCUT2D eigenvalue weighted by atomic mass is 16.6. The number of esters is 2. The fourth-order valence-electron chi connectivity index (χ4n) is 3.76. The number of hydrogen-bond donors (Lipinski definition) is 0. The number of benzene rings is 2. The first kappa shape index (κ1) is 16.3. The van der Waals surface area contributed by atoms with Crippen LogP contribution in [-0.2, 0) is 19.1 Å². The van der Waals surface area contributed by atoms with E-state index in [0.29, 0.717) is 17.7 Å². The molecule has 26 heavy (non-hydrogen) atoms. The third kappa shape index (κ3) is 2.45. The molecule has 1 saturated heterocycles. The maximum atomic E-state index is 13.2. The van der Waals surface area contributed by atoms with Crippen LogP contribution in [0.5, 0.6) is 0 Å². The normalized spacial score (nSPS) is 24.3. The number of anilines is 1. The molecule has 0 unspecified atom stereocenters. The largest absolute Gasteiger partial charge is 0.468 e. The minimum Gasteiger partial charge on any atom is -0.468 e. The predicted octanol–water partition coefficient (Wildman–Crippen LogP) is 2.49. The molecule has 0 aliphatic carbocycles. The van der Waals surface area contributed by atoms with Crippen molar-refractivity contribution in [1.29, 1.82) is 0 Å². The molecule has 2 aliphatic rings. The van der Waals surface area contributed by atoms with Crippen LogP contribution in [0, 0.1) is 5.92 Å². The molecule has 6 nitrogen and oxygen atoms in total. The van der Waals surface area contributed by atoms with Crippen LogP contribution in [-0.4, -0.2) is 31.2 Å². The number of methoxy groups -OCH3 is 1. The topological polar surface area (TPSA) is 72.9 Å². The molecule has 2 heterocycles. The first-order valence-corrected chi connectivity index (χ1v) is 8.37. The van der Waals surface area contributed by atoms with Crippen molar-refractivity contribution in [1.82, 2.24) is 0 Å². The van der Waals surface area contributed by atoms with E-state index in [1.165, 1.54) is 12.0 Å². The van der Waals surface area contributed by atoms with E-state index in [1.807, 2.05) is 30.3 Å². The maximum Gasteiger partial charge on any atom is 0.342 e. The van der Waals surface area contributed by atoms with Gasteiger partial charge in [0.15, 0.2) is 6.23 Å². The Morgan fingerprint density at radius 2 is 1.77 bits per heavy atom. The van der Waals surface area contributed by atoms with Gasteiger partial charge in [0, 0.05) is 12.3 Å². The molecule has 0 N–H and O–H groups in total. The summed E-state index contributed by atoms with van der Waals surface area (Å²) in [6.07, 6.45) is -0.411. The molecular weight excluding hydrogens is 334 g/mol. The Hall–Kier alpha value is -3.15. The number of carbonyl (C=O) groups excluding carboxylic acids is 3. The van der Waals surface area contributed by atoms with Gasteiger partial charge < -0.3 is 9.47 Å². The Morgan fingerprint density at radius 3 is 2.50 bits per heavy atom. The number of amides is 1. The molecule has 2 aromatic carbocycles. The van der Waals surface area contributed by atoms with Gasteiger partial charge in [-0.25, -0.2) is 4.79 Å². The van der Waals surface area contributed by atoms with Crippen molar-refractivity contribution in [3.8, 4) is 0 Å². The van der Waals surface area contributed by atoms with E-state index in [1.54, 1.807) is 24.3 Å². The molecule has 1 amide bonds. The lowest BCUT2D eigenvalue weighted by Gasteiger charge is -2.44. The summed E-state index contributed by atoms with van der Waals surface area (Å²) in [5.74, 6) is -2.87. The van der Waals surface area contributed by atoms with Crippen LogP contribution in [0.25, 0.3) is 0 Å². The van der Waals surface area contributed by atoms with Crippen LogP contribution in [0.2, 0.25) is 0 Å². The molecule has 0 aromatic heterocycles. The van der Waals surface area contributed by atoms with E-state index in [4.69, 9.17) is 9.47 Å². The van der Waals surface area contributed by atoms with Crippen molar-refractivity contribution < 1.29 is 23.9 Å². The van der Waals surface area contributed by atoms with Crippen LogP contribution < -0.4 is 4.90 Å². The maximum absolute atomic E-state index is 13.2. The zero-order chi connectivity index (χ0) is 18.3. The minimum atomic E-state index is -0.983. The van der Waals surface area contributed by atoms with Crippen molar-refractivity contribution in [2.45, 2.75) is 18.6 Å². The molecule has 1 fully saturated rings. The zero-order valence-electron chi connectivity index (χ0n) is 14.1. The van der Waals surface area contributed by atoms with Gasteiger partial charge in [-0.1, -0.05) is 42.5 Å². The first-order valence-electron chi connectivity index (χ1n) is 8.37. The number of para-hydroxylation sites is 1. The number of rotatable bonds is 2. The summed E-state index contributed by atoms with van der Waals surface area (Å²) in [6, 6.07) is 16.0. The molecule has 4 rings (SSSR count). The van der Waals surface area contributed by atoms with E-state index in [-0.39, 0.29) is 0 Å². The van der Waals surface area contributed by atoms with E-state index in [0.717, 1.165) is 5.56 Å². The lowest BCUT2D eigenvalue weighted by Crippen LogP contribution is -2.57. The monoisotopic (exact) mass is 351 g/mol. The van der Waals surface area contributed by atoms with Crippen LogP contribution >= 0.6 is 0 Å². The highest BCUT2D eigenvalue weighted by molar-refractivity contribution is 6.12. The summed E-state index contributed by atoms with van der Waals surface area (Å²) >= 11 is 0. The third-order valence-electron chi connectivity index (χ3n) is 4.96. The molecule has 3 atom stereocenters. The molecular formula is C20H17NO5. The van der Waals surface area contributed by atoms with Gasteiger partial charge >= 0.3 is 11.9 Å². The second-order valence-electron chi connectivity index (χ2n) is 6.34. The predicted molar refractivity (Wildman–Crippen MR) is 92.4 cm³/mol. The van der Waals surface area contributed by atoms with Gasteiger partial charge in [-0.15, -0.1) is 0 Å². The Kier molecular flexibility index (Phi) is 3.95. The Morgan fingerprint density at radius 1 is 1.08 bits per heavy atom. The molecule has 132 valence electrons. The van der Waals surface area contributed by atoms with E-state index < -0.39 is 35.9 Å². The summed E-state index contributed by atoms with van der Waals surface area (Å²) in [6.45, 7) is 0. The molecule has 2 aliphatic heterocycles. The molecule has 0 bridgehead atoms. The zero-order valence-corrected chi connectivity index (χ0v) is 14.1. The summed E-state index contributed by atoms with van der Waals surface area (Å²) in [5.41, 5.74) is 1.63. The Labute approximate surface area is 150 Å². The molecule has 0 saturated carbocycles. The third-order valence-corrected chi connectivity index (χ3v) is 4.96. The van der Waals surface area contributed by atoms with Crippen LogP contribution in [0.4, 0.5) is 5.69 Å². The number of nitrogens with zero attached hydrogens (tertiary/aromatic N) is 1. The number of hydrogen-bond acceptors (Lipinski definition) is 5. The van der Waals surface area contributed by atoms with Crippen molar-refractivity contribution in [2.75, 3.05) is 12.0 Å². The van der Waals surface area contributed by atoms with Gasteiger partial charge in [0.25, 0.3) is 0 Å². The second-order valence-corrected chi connectivity index (χ2v) is 6.34. The van der Waals surface area contributed by atoms with Gasteiger partial charge in [0.2, 0.25) is 5.91 Å². The number of ether oxygens (including phenoxy) is 2. The SMILES string of the molecule is COC(=O)[C@H]1C(=O)N2c3ccccc3C(=O)O[C@@H]2C[C@@H]1c1ccccc1. The fraction of sp³-hybridized carbons (Fsp3) is 0.250. The molecule has 6 heteroatoms. The van der Waals surface area contributed by atoms with Crippen molar-refractivity contribution in [3.63, 3.8) is 0 Å². The quantitative estimate of drug-likeness (QED) is 0.614. The smallest absolute Gasteiger partial charge is 0.342 e. The molecule has 2 aromatic rings. The Balaban J connectivity index is 1.81. The van der Waals surface area contributed by atoms with Crippen molar-refractivity contribution >= 4 is 23.5 Å². The summed E-state index contributed by atoms with van der Waals surface area (Å²) in [7, 11) is 1.27. The lowest BCUT2D eigenvalue weighted by atomic mass is 9.78. The van der Waals surface area contributed by atoms with Gasteiger partial charge in [-0.05, 0) is 17.7 Å². The summed E-state index contributed by atoms with van der Waals surface area (Å²) in [4.78, 5) is 39.4. The highest BCUT2D eigenvalue weighted by Gasteiger charge is 2.51. The van der Waals surface area contributed by atoms with E-state index in [9.17, 15) is 14.4 Å². The molecule has 0 spiro atoms. The van der Waals surface area contributed by atoms with Crippen LogP contribution in [0.1, 0.15) is 28.3 Å².